The van der Waals surface area contributed by atoms with Crippen LogP contribution in [0.5, 0.6) is 0 Å². The number of hydrogen-bond acceptors (Lipinski definition) is 2. The summed E-state index contributed by atoms with van der Waals surface area (Å²) in [6, 6.07) is 28.4. The van der Waals surface area contributed by atoms with Gasteiger partial charge in [0.25, 0.3) is 0 Å². The van der Waals surface area contributed by atoms with E-state index in [0.29, 0.717) is 19.0 Å². The normalized spacial score (nSPS) is 14.5. The molecule has 6 rings (SSSR count). The van der Waals surface area contributed by atoms with Crippen molar-refractivity contribution in [2.75, 3.05) is 0 Å². The van der Waals surface area contributed by atoms with Crippen LogP contribution in [0.1, 0.15) is 59.4 Å². The van der Waals surface area contributed by atoms with Gasteiger partial charge in [-0.05, 0) is 65.9 Å². The highest BCUT2D eigenvalue weighted by atomic mass is 19.1. The van der Waals surface area contributed by atoms with Gasteiger partial charge >= 0.3 is 6.03 Å². The number of hydrogen-bond donors (Lipinski definition) is 1. The monoisotopic (exact) mass is 533 g/mol. The molecule has 3 heterocycles. The number of aryl methyl sites for hydroxylation is 1. The molecule has 0 bridgehead atoms. The average molecular weight is 534 g/mol. The van der Waals surface area contributed by atoms with Crippen molar-refractivity contribution in [3.63, 3.8) is 0 Å². The van der Waals surface area contributed by atoms with Gasteiger partial charge in [-0.15, -0.1) is 0 Å². The summed E-state index contributed by atoms with van der Waals surface area (Å²) in [5, 5.41) is 7.99. The number of halogens is 1. The van der Waals surface area contributed by atoms with Gasteiger partial charge < -0.3 is 14.8 Å². The molecule has 2 aromatic heterocycles. The Kier molecular flexibility index (Phi) is 6.72. The predicted molar refractivity (Wildman–Crippen MR) is 154 cm³/mol. The molecular formula is C33H32FN5O. The molecule has 0 unspecified atom stereocenters. The molecule has 7 heteroatoms. The predicted octanol–water partition coefficient (Wildman–Crippen LogP) is 7.05. The van der Waals surface area contributed by atoms with E-state index in [2.05, 4.69) is 54.1 Å². The van der Waals surface area contributed by atoms with E-state index in [1.54, 1.807) is 12.1 Å². The van der Waals surface area contributed by atoms with Crippen molar-refractivity contribution in [3.8, 4) is 11.5 Å². The third-order valence-electron chi connectivity index (χ3n) is 7.62. The summed E-state index contributed by atoms with van der Waals surface area (Å²) in [5.74, 6) is 1.04. The van der Waals surface area contributed by atoms with E-state index >= 15 is 0 Å². The van der Waals surface area contributed by atoms with Crippen LogP contribution in [0.2, 0.25) is 0 Å². The fourth-order valence-corrected chi connectivity index (χ4v) is 5.44. The van der Waals surface area contributed by atoms with Crippen molar-refractivity contribution >= 4 is 6.03 Å². The summed E-state index contributed by atoms with van der Waals surface area (Å²) in [6.07, 6.45) is 2.05. The van der Waals surface area contributed by atoms with Gasteiger partial charge in [-0.3, -0.25) is 0 Å². The molecule has 202 valence electrons. The average Bonchev–Trinajstić information content (AvgIpc) is 3.53. The minimum absolute atomic E-state index is 0.199. The Morgan fingerprint density at radius 2 is 1.70 bits per heavy atom. The van der Waals surface area contributed by atoms with Crippen LogP contribution in [-0.2, 0) is 13.1 Å². The Bertz CT molecular complexity index is 1630. The first-order chi connectivity index (χ1) is 19.4. The lowest BCUT2D eigenvalue weighted by Crippen LogP contribution is -2.41. The molecule has 2 amide bonds. The third kappa shape index (κ3) is 4.68. The molecule has 3 aromatic carbocycles. The topological polar surface area (TPSA) is 55.1 Å². The minimum atomic E-state index is -0.333. The number of fused-ring (bicyclic) bond motifs is 3. The third-order valence-corrected chi connectivity index (χ3v) is 7.62. The lowest BCUT2D eigenvalue weighted by molar-refractivity contribution is 0.180. The highest BCUT2D eigenvalue weighted by molar-refractivity contribution is 5.76. The first kappa shape index (κ1) is 25.6. The molecule has 40 heavy (non-hydrogen) atoms. The SMILES string of the molecule is Cc1nn(-c2ccccc2)c2c1CN(C(=O)NCc1ccc(F)cc1)[C@H](c1ccc(C(C)C)cc1)c1cccn1-2. The van der Waals surface area contributed by atoms with Crippen LogP contribution in [0.4, 0.5) is 9.18 Å². The number of nitrogens with zero attached hydrogens (tertiary/aromatic N) is 4. The Morgan fingerprint density at radius 3 is 2.40 bits per heavy atom. The molecule has 1 N–H and O–H groups in total. The standard InChI is InChI=1S/C33H32FN5O/c1-22(2)25-13-15-26(16-14-25)31-30-10-7-19-37(30)32-29(23(3)36-39(32)28-8-5-4-6-9-28)21-38(31)33(40)35-20-24-11-17-27(34)18-12-24/h4-19,22,31H,20-21H2,1-3H3,(H,35,40)/t31-/m1/s1. The van der Waals surface area contributed by atoms with Crippen LogP contribution in [0.15, 0.2) is 97.2 Å². The summed E-state index contributed by atoms with van der Waals surface area (Å²) in [5.41, 5.74) is 6.90. The number of urea groups is 1. The number of carbonyl (C=O) groups excluding carboxylic acids is 1. The molecule has 0 aliphatic carbocycles. The molecule has 1 aliphatic rings. The highest BCUT2D eigenvalue weighted by Gasteiger charge is 2.36. The van der Waals surface area contributed by atoms with Gasteiger partial charge in [0, 0.05) is 18.3 Å². The molecule has 0 saturated heterocycles. The fraction of sp³-hybridized carbons (Fsp3) is 0.212. The van der Waals surface area contributed by atoms with E-state index < -0.39 is 0 Å². The molecule has 1 aliphatic heterocycles. The quantitative estimate of drug-likeness (QED) is 0.263. The molecule has 0 radical (unpaired) electrons. The second-order valence-corrected chi connectivity index (χ2v) is 10.6. The number of aromatic nitrogens is 3. The number of nitrogens with one attached hydrogen (secondary N) is 1. The smallest absolute Gasteiger partial charge is 0.318 e. The molecule has 6 nitrogen and oxygen atoms in total. The minimum Gasteiger partial charge on any atom is -0.334 e. The van der Waals surface area contributed by atoms with Crippen LogP contribution in [0.25, 0.3) is 11.5 Å². The van der Waals surface area contributed by atoms with Crippen LogP contribution in [0.3, 0.4) is 0 Å². The molecule has 5 aromatic rings. The van der Waals surface area contributed by atoms with E-state index in [9.17, 15) is 9.18 Å². The van der Waals surface area contributed by atoms with Crippen molar-refractivity contribution in [3.05, 3.63) is 137 Å². The Labute approximate surface area is 233 Å². The van der Waals surface area contributed by atoms with Gasteiger partial charge in [-0.2, -0.15) is 5.10 Å². The maximum Gasteiger partial charge on any atom is 0.318 e. The van der Waals surface area contributed by atoms with Gasteiger partial charge in [0.05, 0.1) is 29.7 Å². The number of amides is 2. The van der Waals surface area contributed by atoms with E-state index in [1.165, 1.54) is 17.7 Å². The molecule has 0 spiro atoms. The van der Waals surface area contributed by atoms with Crippen LogP contribution < -0.4 is 5.32 Å². The molecule has 0 saturated carbocycles. The first-order valence-electron chi connectivity index (χ1n) is 13.6. The summed E-state index contributed by atoms with van der Waals surface area (Å²) >= 11 is 0. The second kappa shape index (κ2) is 10.5. The maximum absolute atomic E-state index is 14.0. The maximum atomic E-state index is 14.0. The lowest BCUT2D eigenvalue weighted by atomic mass is 9.97. The largest absolute Gasteiger partial charge is 0.334 e. The van der Waals surface area contributed by atoms with Crippen LogP contribution in [-0.4, -0.2) is 25.3 Å². The van der Waals surface area contributed by atoms with Crippen molar-refractivity contribution < 1.29 is 9.18 Å². The number of para-hydroxylation sites is 1. The van der Waals surface area contributed by atoms with Gasteiger partial charge in [0.1, 0.15) is 11.6 Å². The summed E-state index contributed by atoms with van der Waals surface area (Å²) in [4.78, 5) is 15.9. The number of benzene rings is 3. The van der Waals surface area contributed by atoms with Gasteiger partial charge in [-0.1, -0.05) is 68.4 Å². The summed E-state index contributed by atoms with van der Waals surface area (Å²) in [7, 11) is 0. The van der Waals surface area contributed by atoms with E-state index in [0.717, 1.165) is 39.6 Å². The van der Waals surface area contributed by atoms with E-state index in [4.69, 9.17) is 5.10 Å². The lowest BCUT2D eigenvalue weighted by Gasteiger charge is -2.31. The molecule has 1 atom stereocenters. The zero-order valence-electron chi connectivity index (χ0n) is 22.9. The Hall–Kier alpha value is -4.65. The van der Waals surface area contributed by atoms with Crippen molar-refractivity contribution in [1.29, 1.82) is 0 Å². The Morgan fingerprint density at radius 1 is 0.975 bits per heavy atom. The van der Waals surface area contributed by atoms with Crippen molar-refractivity contribution in [1.82, 2.24) is 24.6 Å². The summed E-state index contributed by atoms with van der Waals surface area (Å²) < 4.78 is 17.6. The number of carbonyl (C=O) groups is 1. The summed E-state index contributed by atoms with van der Waals surface area (Å²) in [6.45, 7) is 7.02. The van der Waals surface area contributed by atoms with E-state index in [-0.39, 0.29) is 17.9 Å². The van der Waals surface area contributed by atoms with Crippen molar-refractivity contribution in [2.45, 2.75) is 45.8 Å². The molecular weight excluding hydrogens is 501 g/mol. The first-order valence-corrected chi connectivity index (χ1v) is 13.6. The number of rotatable bonds is 5. The zero-order chi connectivity index (χ0) is 27.8. The van der Waals surface area contributed by atoms with Crippen molar-refractivity contribution in [2.24, 2.45) is 0 Å². The van der Waals surface area contributed by atoms with Gasteiger partial charge in [0.2, 0.25) is 0 Å². The molecule has 0 fully saturated rings. The van der Waals surface area contributed by atoms with Gasteiger partial charge in [0.15, 0.2) is 0 Å². The fourth-order valence-electron chi connectivity index (χ4n) is 5.44. The Balaban J connectivity index is 1.46. The second-order valence-electron chi connectivity index (χ2n) is 10.6. The van der Waals surface area contributed by atoms with Gasteiger partial charge in [-0.25, -0.2) is 13.9 Å². The van der Waals surface area contributed by atoms with E-state index in [1.807, 2.05) is 59.1 Å². The van der Waals surface area contributed by atoms with Crippen LogP contribution in [0, 0.1) is 12.7 Å². The zero-order valence-corrected chi connectivity index (χ0v) is 22.9. The highest BCUT2D eigenvalue weighted by Crippen LogP contribution is 2.38. The van der Waals surface area contributed by atoms with Crippen LogP contribution >= 0.6 is 0 Å².